The van der Waals surface area contributed by atoms with Crippen LogP contribution in [0.2, 0.25) is 0 Å². The van der Waals surface area contributed by atoms with E-state index in [4.69, 9.17) is 18.9 Å². The van der Waals surface area contributed by atoms with Gasteiger partial charge in [0.05, 0.1) is 6.61 Å². The fraction of sp³-hybridized carbons (Fsp3) is 0.900. The molecule has 0 aromatic rings. The molecule has 8 nitrogen and oxygen atoms in total. The Hall–Kier alpha value is -1.96. The van der Waals surface area contributed by atoms with Crippen LogP contribution >= 0.6 is 0 Å². The summed E-state index contributed by atoms with van der Waals surface area (Å²) < 4.78 is 21.0. The lowest BCUT2D eigenvalue weighted by molar-refractivity contribution is -0.160. The number of Topliss-reactive ketones (excluding diaryl/α,β-unsaturated/α-hetero) is 1. The van der Waals surface area contributed by atoms with E-state index in [1.807, 2.05) is 0 Å². The van der Waals surface area contributed by atoms with E-state index in [2.05, 4.69) is 13.8 Å². The first-order valence-electron chi connectivity index (χ1n) is 19.9. The molecular weight excluding hydrogens is 608 g/mol. The largest absolute Gasteiger partial charge is 0.463 e. The zero-order chi connectivity index (χ0) is 35.3. The van der Waals surface area contributed by atoms with Gasteiger partial charge in [-0.25, -0.2) is 0 Å². The molecule has 0 fully saturated rings. The van der Waals surface area contributed by atoms with Gasteiger partial charge in [0.2, 0.25) is 0 Å². The van der Waals surface area contributed by atoms with Crippen molar-refractivity contribution in [2.45, 2.75) is 206 Å². The highest BCUT2D eigenvalue weighted by Crippen LogP contribution is 2.16. The van der Waals surface area contributed by atoms with Crippen molar-refractivity contribution in [1.82, 2.24) is 0 Å². The Morgan fingerprint density at radius 3 is 1.33 bits per heavy atom. The maximum atomic E-state index is 12.6. The van der Waals surface area contributed by atoms with E-state index in [9.17, 15) is 19.2 Å². The van der Waals surface area contributed by atoms with Crippen LogP contribution < -0.4 is 0 Å². The standard InChI is InChI=1S/C40H74O8/c1-4-6-8-10-12-14-16-18-20-22-24-27-36(41)31-32-37(35-47-39(43)30-26-29-38(42)46-34-33-45-3)48-40(44)28-25-23-21-19-17-15-13-11-9-7-5-2/h37H,4-35H2,1-3H3. The second-order valence-corrected chi connectivity index (χ2v) is 13.5. The normalized spacial score (nSPS) is 11.7. The van der Waals surface area contributed by atoms with E-state index in [1.165, 1.54) is 116 Å². The number of unbranched alkanes of at least 4 members (excludes halogenated alkanes) is 20. The molecule has 1 unspecified atom stereocenters. The third-order valence-corrected chi connectivity index (χ3v) is 8.83. The van der Waals surface area contributed by atoms with Crippen LogP contribution in [-0.4, -0.2) is 56.7 Å². The van der Waals surface area contributed by atoms with E-state index in [0.29, 0.717) is 38.7 Å². The Bertz CT molecular complexity index is 768. The fourth-order valence-electron chi connectivity index (χ4n) is 5.73. The first-order valence-corrected chi connectivity index (χ1v) is 19.9. The van der Waals surface area contributed by atoms with Crippen LogP contribution in [0.4, 0.5) is 0 Å². The van der Waals surface area contributed by atoms with Gasteiger partial charge in [-0.1, -0.05) is 142 Å². The molecule has 0 aromatic heterocycles. The van der Waals surface area contributed by atoms with Crippen LogP contribution in [0, 0.1) is 0 Å². The van der Waals surface area contributed by atoms with Gasteiger partial charge in [-0.3, -0.25) is 19.2 Å². The van der Waals surface area contributed by atoms with Crippen molar-refractivity contribution >= 4 is 23.7 Å². The maximum Gasteiger partial charge on any atom is 0.306 e. The molecule has 1 atom stereocenters. The van der Waals surface area contributed by atoms with Gasteiger partial charge in [0.25, 0.3) is 0 Å². The summed E-state index contributed by atoms with van der Waals surface area (Å²) in [6.45, 7) is 4.92. The van der Waals surface area contributed by atoms with Gasteiger partial charge in [0.15, 0.2) is 0 Å². The lowest BCUT2D eigenvalue weighted by Gasteiger charge is -2.18. The predicted molar refractivity (Wildman–Crippen MR) is 194 cm³/mol. The molecule has 8 heteroatoms. The Morgan fingerprint density at radius 1 is 0.438 bits per heavy atom. The van der Waals surface area contributed by atoms with Crippen molar-refractivity contribution in [2.24, 2.45) is 0 Å². The summed E-state index contributed by atoms with van der Waals surface area (Å²) in [5, 5.41) is 0. The molecule has 0 bridgehead atoms. The fourth-order valence-corrected chi connectivity index (χ4v) is 5.73. The number of methoxy groups -OCH3 is 1. The zero-order valence-electron chi connectivity index (χ0n) is 31.5. The minimum absolute atomic E-state index is 0.0660. The minimum Gasteiger partial charge on any atom is -0.463 e. The molecule has 0 saturated carbocycles. The van der Waals surface area contributed by atoms with Crippen LogP contribution in [0.3, 0.4) is 0 Å². The quantitative estimate of drug-likeness (QED) is 0.0362. The Labute approximate surface area is 294 Å². The van der Waals surface area contributed by atoms with Crippen molar-refractivity contribution < 1.29 is 38.1 Å². The number of rotatable bonds is 37. The van der Waals surface area contributed by atoms with Crippen molar-refractivity contribution in [3.8, 4) is 0 Å². The van der Waals surface area contributed by atoms with Gasteiger partial charge in [-0.05, 0) is 25.7 Å². The predicted octanol–water partition coefficient (Wildman–Crippen LogP) is 10.6. The van der Waals surface area contributed by atoms with E-state index < -0.39 is 12.1 Å². The highest BCUT2D eigenvalue weighted by molar-refractivity contribution is 5.78. The molecule has 0 amide bonds. The average Bonchev–Trinajstić information content (AvgIpc) is 3.07. The van der Waals surface area contributed by atoms with E-state index in [1.54, 1.807) is 0 Å². The number of ketones is 1. The molecule has 0 aromatic carbocycles. The summed E-state index contributed by atoms with van der Waals surface area (Å²) in [6, 6.07) is 0. The highest BCUT2D eigenvalue weighted by atomic mass is 16.6. The summed E-state index contributed by atoms with van der Waals surface area (Å²) in [5.74, 6) is -0.983. The maximum absolute atomic E-state index is 12.6. The Morgan fingerprint density at radius 2 is 0.854 bits per heavy atom. The molecule has 0 aliphatic rings. The van der Waals surface area contributed by atoms with Crippen molar-refractivity contribution in [3.63, 3.8) is 0 Å². The molecule has 0 N–H and O–H groups in total. The molecule has 0 saturated heterocycles. The molecule has 282 valence electrons. The van der Waals surface area contributed by atoms with Crippen LogP contribution in [0.15, 0.2) is 0 Å². The number of ether oxygens (including phenoxy) is 4. The van der Waals surface area contributed by atoms with Gasteiger partial charge in [0, 0.05) is 39.2 Å². The molecule has 0 rings (SSSR count). The summed E-state index contributed by atoms with van der Waals surface area (Å²) >= 11 is 0. The molecular formula is C40H74O8. The van der Waals surface area contributed by atoms with Crippen LogP contribution in [-0.2, 0) is 38.1 Å². The monoisotopic (exact) mass is 683 g/mol. The smallest absolute Gasteiger partial charge is 0.306 e. The summed E-state index contributed by atoms with van der Waals surface area (Å²) in [5.41, 5.74) is 0. The van der Waals surface area contributed by atoms with E-state index in [-0.39, 0.29) is 43.8 Å². The third-order valence-electron chi connectivity index (χ3n) is 8.83. The van der Waals surface area contributed by atoms with Crippen LogP contribution in [0.1, 0.15) is 200 Å². The molecule has 0 radical (unpaired) electrons. The zero-order valence-corrected chi connectivity index (χ0v) is 31.5. The van der Waals surface area contributed by atoms with Crippen LogP contribution in [0.5, 0.6) is 0 Å². The van der Waals surface area contributed by atoms with Gasteiger partial charge in [-0.15, -0.1) is 0 Å². The number of hydrogen-bond donors (Lipinski definition) is 0. The number of esters is 3. The number of hydrogen-bond acceptors (Lipinski definition) is 8. The second kappa shape index (κ2) is 36.3. The first kappa shape index (κ1) is 46.0. The molecule has 0 heterocycles. The minimum atomic E-state index is -0.644. The summed E-state index contributed by atoms with van der Waals surface area (Å²) in [4.78, 5) is 49.3. The van der Waals surface area contributed by atoms with Crippen molar-refractivity contribution in [2.75, 3.05) is 26.9 Å². The van der Waals surface area contributed by atoms with Gasteiger partial charge in [-0.2, -0.15) is 0 Å². The number of carbonyl (C=O) groups excluding carboxylic acids is 4. The topological polar surface area (TPSA) is 105 Å². The van der Waals surface area contributed by atoms with E-state index in [0.717, 1.165) is 32.1 Å². The van der Waals surface area contributed by atoms with Crippen LogP contribution in [0.25, 0.3) is 0 Å². The van der Waals surface area contributed by atoms with Gasteiger partial charge in [0.1, 0.15) is 25.1 Å². The SMILES string of the molecule is CCCCCCCCCCCCCC(=O)CCC(COC(=O)CCCC(=O)OCCOC)OC(=O)CCCCCCCCCCCCC. The van der Waals surface area contributed by atoms with Gasteiger partial charge >= 0.3 is 17.9 Å². The van der Waals surface area contributed by atoms with Gasteiger partial charge < -0.3 is 18.9 Å². The Kier molecular flexibility index (Phi) is 34.8. The molecule has 0 aliphatic heterocycles. The Balaban J connectivity index is 4.39. The summed E-state index contributed by atoms with van der Waals surface area (Å²) in [6.07, 6.45) is 28.3. The second-order valence-electron chi connectivity index (χ2n) is 13.5. The molecule has 0 aliphatic carbocycles. The molecule has 0 spiro atoms. The lowest BCUT2D eigenvalue weighted by atomic mass is 10.0. The number of carbonyl (C=O) groups is 4. The first-order chi connectivity index (χ1) is 23.4. The third kappa shape index (κ3) is 33.9. The van der Waals surface area contributed by atoms with Crippen molar-refractivity contribution in [1.29, 1.82) is 0 Å². The molecule has 48 heavy (non-hydrogen) atoms. The van der Waals surface area contributed by atoms with E-state index >= 15 is 0 Å². The lowest BCUT2D eigenvalue weighted by Crippen LogP contribution is -2.26. The van der Waals surface area contributed by atoms with Crippen molar-refractivity contribution in [3.05, 3.63) is 0 Å². The highest BCUT2D eigenvalue weighted by Gasteiger charge is 2.19. The average molecular weight is 683 g/mol. The summed E-state index contributed by atoms with van der Waals surface area (Å²) in [7, 11) is 1.53.